The average Bonchev–Trinajstić information content (AvgIpc) is 3.45. The molecular weight excluding hydrogens is 518 g/mol. The highest BCUT2D eigenvalue weighted by Gasteiger charge is 2.18. The fourth-order valence-corrected chi connectivity index (χ4v) is 5.67. The summed E-state index contributed by atoms with van der Waals surface area (Å²) in [6, 6.07) is 11.5. The van der Waals surface area contributed by atoms with Gasteiger partial charge in [-0.15, -0.1) is 21.5 Å². The van der Waals surface area contributed by atoms with Gasteiger partial charge in [0, 0.05) is 5.56 Å². The van der Waals surface area contributed by atoms with E-state index >= 15 is 0 Å². The lowest BCUT2D eigenvalue weighted by molar-refractivity contribution is -0.113. The van der Waals surface area contributed by atoms with E-state index in [4.69, 9.17) is 9.47 Å². The summed E-state index contributed by atoms with van der Waals surface area (Å²) in [6.45, 7) is 5.67. The number of aromatic nitrogens is 4. The number of ether oxygens (including phenoxy) is 2. The molecule has 4 rings (SSSR count). The van der Waals surface area contributed by atoms with Gasteiger partial charge in [0.25, 0.3) is 0 Å². The van der Waals surface area contributed by atoms with E-state index in [9.17, 15) is 9.59 Å². The first-order chi connectivity index (χ1) is 17.4. The molecule has 4 aromatic rings. The zero-order chi connectivity index (χ0) is 25.7. The third-order valence-corrected chi connectivity index (χ3v) is 8.06. The Bertz CT molecular complexity index is 1370. The molecule has 0 bridgehead atoms. The van der Waals surface area contributed by atoms with Gasteiger partial charge >= 0.3 is 5.97 Å². The number of hydrogen-bond acceptors (Lipinski definition) is 11. The van der Waals surface area contributed by atoms with Crippen LogP contribution < -0.4 is 10.1 Å². The number of rotatable bonds is 9. The SMILES string of the molecule is CCOC(=O)c1sc(NC(=O)CSc2ccc(-c3sc(-c4ccc(OC)cc4)nc3C)nn2)nc1C. The van der Waals surface area contributed by atoms with E-state index in [0.717, 1.165) is 43.9 Å². The third-order valence-electron chi connectivity index (χ3n) is 4.86. The number of esters is 1. The van der Waals surface area contributed by atoms with Gasteiger partial charge in [0.2, 0.25) is 5.91 Å². The summed E-state index contributed by atoms with van der Waals surface area (Å²) in [4.78, 5) is 34.5. The maximum absolute atomic E-state index is 12.4. The second-order valence-electron chi connectivity index (χ2n) is 7.41. The Morgan fingerprint density at radius 1 is 1.00 bits per heavy atom. The van der Waals surface area contributed by atoms with Crippen molar-refractivity contribution in [1.29, 1.82) is 0 Å². The maximum atomic E-state index is 12.4. The van der Waals surface area contributed by atoms with Crippen LogP contribution in [0.25, 0.3) is 21.1 Å². The summed E-state index contributed by atoms with van der Waals surface area (Å²) < 4.78 is 10.2. The lowest BCUT2D eigenvalue weighted by atomic mass is 10.2. The number of nitrogens with one attached hydrogen (secondary N) is 1. The fourth-order valence-electron chi connectivity index (χ4n) is 3.14. The zero-order valence-electron chi connectivity index (χ0n) is 20.0. The van der Waals surface area contributed by atoms with Crippen molar-refractivity contribution in [2.45, 2.75) is 25.8 Å². The number of benzene rings is 1. The van der Waals surface area contributed by atoms with Gasteiger partial charge in [-0.2, -0.15) is 0 Å². The van der Waals surface area contributed by atoms with Gasteiger partial charge in [0.05, 0.1) is 35.7 Å². The first-order valence-corrected chi connectivity index (χ1v) is 13.5. The van der Waals surface area contributed by atoms with E-state index in [1.165, 1.54) is 11.8 Å². The third kappa shape index (κ3) is 6.07. The predicted octanol–water partition coefficient (Wildman–Crippen LogP) is 5.26. The highest BCUT2D eigenvalue weighted by molar-refractivity contribution is 7.99. The quantitative estimate of drug-likeness (QED) is 0.224. The second-order valence-corrected chi connectivity index (χ2v) is 10.4. The van der Waals surface area contributed by atoms with Crippen molar-refractivity contribution in [3.8, 4) is 26.9 Å². The minimum Gasteiger partial charge on any atom is -0.497 e. The van der Waals surface area contributed by atoms with Gasteiger partial charge in [-0.05, 0) is 57.2 Å². The van der Waals surface area contributed by atoms with Gasteiger partial charge in [-0.1, -0.05) is 23.1 Å². The predicted molar refractivity (Wildman–Crippen MR) is 142 cm³/mol. The van der Waals surface area contributed by atoms with Crippen molar-refractivity contribution in [3.05, 3.63) is 52.7 Å². The molecule has 0 saturated carbocycles. The highest BCUT2D eigenvalue weighted by atomic mass is 32.2. The van der Waals surface area contributed by atoms with Crippen molar-refractivity contribution in [3.63, 3.8) is 0 Å². The van der Waals surface area contributed by atoms with Crippen molar-refractivity contribution in [2.75, 3.05) is 24.8 Å². The molecule has 3 aromatic heterocycles. The molecule has 0 saturated heterocycles. The number of methoxy groups -OCH3 is 1. The largest absolute Gasteiger partial charge is 0.497 e. The van der Waals surface area contributed by atoms with Crippen LogP contribution in [-0.2, 0) is 9.53 Å². The molecule has 0 aliphatic carbocycles. The Hall–Kier alpha value is -3.35. The van der Waals surface area contributed by atoms with Gasteiger partial charge in [0.1, 0.15) is 26.4 Å². The molecule has 0 fully saturated rings. The number of anilines is 1. The van der Waals surface area contributed by atoms with Crippen LogP contribution in [-0.4, -0.2) is 51.5 Å². The van der Waals surface area contributed by atoms with Crippen molar-refractivity contribution in [2.24, 2.45) is 0 Å². The number of carbonyl (C=O) groups is 2. The Balaban J connectivity index is 1.36. The molecule has 3 heterocycles. The lowest BCUT2D eigenvalue weighted by Gasteiger charge is -2.02. The van der Waals surface area contributed by atoms with E-state index in [1.807, 2.05) is 43.3 Å². The molecule has 1 amide bonds. The van der Waals surface area contributed by atoms with E-state index in [2.05, 4.69) is 25.5 Å². The number of thioether (sulfide) groups is 1. The van der Waals surface area contributed by atoms with E-state index in [0.29, 0.717) is 20.7 Å². The number of carbonyl (C=O) groups excluding carboxylic acids is 2. The molecule has 0 spiro atoms. The molecule has 0 aliphatic heterocycles. The zero-order valence-corrected chi connectivity index (χ0v) is 22.5. The Morgan fingerprint density at radius 2 is 1.78 bits per heavy atom. The molecule has 0 aliphatic rings. The van der Waals surface area contributed by atoms with Crippen molar-refractivity contribution in [1.82, 2.24) is 20.2 Å². The number of nitrogens with zero attached hydrogens (tertiary/aromatic N) is 4. The Kier molecular flexibility index (Phi) is 8.28. The van der Waals surface area contributed by atoms with Crippen LogP contribution in [0, 0.1) is 13.8 Å². The molecule has 0 atom stereocenters. The molecule has 9 nitrogen and oxygen atoms in total. The normalized spacial score (nSPS) is 10.8. The second kappa shape index (κ2) is 11.6. The summed E-state index contributed by atoms with van der Waals surface area (Å²) in [5.74, 6) is 0.230. The number of hydrogen-bond donors (Lipinski definition) is 1. The van der Waals surface area contributed by atoms with Gasteiger partial charge in [-0.25, -0.2) is 14.8 Å². The molecule has 0 unspecified atom stereocenters. The van der Waals surface area contributed by atoms with Gasteiger partial charge < -0.3 is 14.8 Å². The van der Waals surface area contributed by atoms with E-state index in [-0.39, 0.29) is 18.3 Å². The number of aryl methyl sites for hydroxylation is 2. The van der Waals surface area contributed by atoms with E-state index < -0.39 is 5.97 Å². The first-order valence-electron chi connectivity index (χ1n) is 10.9. The standard InChI is InChI=1S/C24H23N5O4S3/c1-5-33-23(31)21-14(3)26-24(36-21)27-18(30)12-34-19-11-10-17(28-29-19)20-13(2)25-22(35-20)15-6-8-16(32-4)9-7-15/h6-11H,5,12H2,1-4H3,(H,26,27,30). The minimum atomic E-state index is -0.440. The summed E-state index contributed by atoms with van der Waals surface area (Å²) in [6.07, 6.45) is 0. The summed E-state index contributed by atoms with van der Waals surface area (Å²) in [7, 11) is 1.64. The minimum absolute atomic E-state index is 0.128. The first kappa shape index (κ1) is 25.7. The van der Waals surface area contributed by atoms with Gasteiger partial charge in [-0.3, -0.25) is 4.79 Å². The van der Waals surface area contributed by atoms with Crippen molar-refractivity contribution >= 4 is 51.4 Å². The monoisotopic (exact) mass is 541 g/mol. The molecule has 186 valence electrons. The van der Waals surface area contributed by atoms with Crippen LogP contribution in [0.5, 0.6) is 5.75 Å². The number of amides is 1. The molecular formula is C24H23N5O4S3. The van der Waals surface area contributed by atoms with Crippen LogP contribution in [0.15, 0.2) is 41.4 Å². The van der Waals surface area contributed by atoms with Crippen LogP contribution in [0.3, 0.4) is 0 Å². The van der Waals surface area contributed by atoms with Gasteiger partial charge in [0.15, 0.2) is 5.13 Å². The Labute approximate surface area is 220 Å². The van der Waals surface area contributed by atoms with Crippen LogP contribution in [0.2, 0.25) is 0 Å². The maximum Gasteiger partial charge on any atom is 0.350 e. The molecule has 36 heavy (non-hydrogen) atoms. The van der Waals surface area contributed by atoms with E-state index in [1.54, 1.807) is 32.3 Å². The summed E-state index contributed by atoms with van der Waals surface area (Å²) in [5.41, 5.74) is 3.13. The fraction of sp³-hybridized carbons (Fsp3) is 0.250. The Morgan fingerprint density at radius 3 is 2.44 bits per heavy atom. The molecule has 1 N–H and O–H groups in total. The number of thiazole rings is 2. The van der Waals surface area contributed by atoms with Crippen LogP contribution in [0.1, 0.15) is 28.0 Å². The topological polar surface area (TPSA) is 116 Å². The van der Waals surface area contributed by atoms with Crippen LogP contribution >= 0.6 is 34.4 Å². The van der Waals surface area contributed by atoms with Crippen LogP contribution in [0.4, 0.5) is 5.13 Å². The summed E-state index contributed by atoms with van der Waals surface area (Å²) in [5, 5.41) is 13.2. The average molecular weight is 542 g/mol. The highest BCUT2D eigenvalue weighted by Crippen LogP contribution is 2.35. The lowest BCUT2D eigenvalue weighted by Crippen LogP contribution is -2.14. The summed E-state index contributed by atoms with van der Waals surface area (Å²) >= 11 is 3.91. The van der Waals surface area contributed by atoms with Crippen molar-refractivity contribution < 1.29 is 19.1 Å². The molecule has 0 radical (unpaired) electrons. The molecule has 12 heteroatoms. The smallest absolute Gasteiger partial charge is 0.350 e. The molecule has 1 aromatic carbocycles.